The highest BCUT2D eigenvalue weighted by Gasteiger charge is 2.22. The molecule has 2 unspecified atom stereocenters. The second-order valence-electron chi connectivity index (χ2n) is 4.52. The maximum Gasteiger partial charge on any atom is 0.292 e. The van der Waals surface area contributed by atoms with Crippen molar-refractivity contribution >= 4 is 17.1 Å². The number of anilines is 2. The molecule has 0 spiro atoms. The van der Waals surface area contributed by atoms with Gasteiger partial charge in [-0.1, -0.05) is 0 Å². The molecule has 0 radical (unpaired) electrons. The van der Waals surface area contributed by atoms with Crippen LogP contribution < -0.4 is 11.1 Å². The van der Waals surface area contributed by atoms with Gasteiger partial charge in [-0.2, -0.15) is 0 Å². The van der Waals surface area contributed by atoms with Crippen LogP contribution in [0.3, 0.4) is 0 Å². The van der Waals surface area contributed by atoms with Gasteiger partial charge in [0.15, 0.2) is 0 Å². The average molecular weight is 251 g/mol. The van der Waals surface area contributed by atoms with Gasteiger partial charge in [-0.05, 0) is 31.9 Å². The summed E-state index contributed by atoms with van der Waals surface area (Å²) >= 11 is 0. The van der Waals surface area contributed by atoms with E-state index in [1.165, 1.54) is 6.07 Å². The standard InChI is InChI=1S/C12H17N3O3/c1-8(12-3-2-6-18-12)14-9-4-5-11(15(16)17)10(13)7-9/h4-5,7-8,12,14H,2-3,6,13H2,1H3. The quantitative estimate of drug-likeness (QED) is 0.486. The fourth-order valence-electron chi connectivity index (χ4n) is 2.16. The fraction of sp³-hybridized carbons (Fsp3) is 0.500. The number of nitrogen functional groups attached to an aromatic ring is 1. The fourth-order valence-corrected chi connectivity index (χ4v) is 2.16. The van der Waals surface area contributed by atoms with Gasteiger partial charge in [-0.3, -0.25) is 10.1 Å². The average Bonchev–Trinajstić information content (AvgIpc) is 2.81. The molecule has 6 nitrogen and oxygen atoms in total. The molecule has 2 atom stereocenters. The molecule has 18 heavy (non-hydrogen) atoms. The molecule has 1 aromatic carbocycles. The van der Waals surface area contributed by atoms with Crippen molar-refractivity contribution in [1.82, 2.24) is 0 Å². The summed E-state index contributed by atoms with van der Waals surface area (Å²) in [5.74, 6) is 0. The Hall–Kier alpha value is -1.82. The third-order valence-electron chi connectivity index (χ3n) is 3.14. The normalized spacial score (nSPS) is 20.6. The number of nitrogens with two attached hydrogens (primary N) is 1. The molecule has 1 aliphatic heterocycles. The van der Waals surface area contributed by atoms with E-state index in [9.17, 15) is 10.1 Å². The van der Waals surface area contributed by atoms with Crippen LogP contribution in [-0.4, -0.2) is 23.7 Å². The minimum Gasteiger partial charge on any atom is -0.393 e. The van der Waals surface area contributed by atoms with Crippen LogP contribution in [0.4, 0.5) is 17.1 Å². The molecule has 1 aromatic rings. The van der Waals surface area contributed by atoms with Crippen molar-refractivity contribution in [1.29, 1.82) is 0 Å². The number of nitrogens with zero attached hydrogens (tertiary/aromatic N) is 1. The zero-order valence-corrected chi connectivity index (χ0v) is 10.3. The number of nitro groups is 1. The van der Waals surface area contributed by atoms with Crippen LogP contribution in [0.15, 0.2) is 18.2 Å². The second kappa shape index (κ2) is 5.22. The van der Waals surface area contributed by atoms with Crippen LogP contribution in [0.5, 0.6) is 0 Å². The summed E-state index contributed by atoms with van der Waals surface area (Å²) in [7, 11) is 0. The zero-order chi connectivity index (χ0) is 13.1. The summed E-state index contributed by atoms with van der Waals surface area (Å²) < 4.78 is 5.58. The van der Waals surface area contributed by atoms with Crippen molar-refractivity contribution in [3.05, 3.63) is 28.3 Å². The first kappa shape index (κ1) is 12.6. The summed E-state index contributed by atoms with van der Waals surface area (Å²) in [6.07, 6.45) is 2.32. The van der Waals surface area contributed by atoms with E-state index in [1.807, 2.05) is 6.92 Å². The molecule has 2 rings (SSSR count). The first-order chi connectivity index (χ1) is 8.58. The summed E-state index contributed by atoms with van der Waals surface area (Å²) in [5.41, 5.74) is 6.52. The lowest BCUT2D eigenvalue weighted by atomic mass is 10.1. The SMILES string of the molecule is CC(Nc1ccc([N+](=O)[O-])c(N)c1)C1CCCO1. The maximum absolute atomic E-state index is 10.6. The van der Waals surface area contributed by atoms with E-state index in [0.29, 0.717) is 0 Å². The molecule has 0 aliphatic carbocycles. The van der Waals surface area contributed by atoms with Crippen molar-refractivity contribution in [2.45, 2.75) is 31.9 Å². The van der Waals surface area contributed by atoms with Gasteiger partial charge >= 0.3 is 0 Å². The van der Waals surface area contributed by atoms with E-state index < -0.39 is 4.92 Å². The van der Waals surface area contributed by atoms with E-state index in [4.69, 9.17) is 10.5 Å². The topological polar surface area (TPSA) is 90.4 Å². The van der Waals surface area contributed by atoms with Gasteiger partial charge in [0, 0.05) is 24.4 Å². The highest BCUT2D eigenvalue weighted by molar-refractivity contribution is 5.66. The molecule has 1 saturated heterocycles. The molecule has 0 bridgehead atoms. The monoisotopic (exact) mass is 251 g/mol. The molecule has 0 aromatic heterocycles. The number of benzene rings is 1. The summed E-state index contributed by atoms with van der Waals surface area (Å²) in [4.78, 5) is 10.2. The first-order valence-corrected chi connectivity index (χ1v) is 6.00. The van der Waals surface area contributed by atoms with Crippen LogP contribution >= 0.6 is 0 Å². The Labute approximate surface area is 105 Å². The molecule has 1 fully saturated rings. The third kappa shape index (κ3) is 2.70. The van der Waals surface area contributed by atoms with Crippen LogP contribution in [0.2, 0.25) is 0 Å². The summed E-state index contributed by atoms with van der Waals surface area (Å²) in [5, 5.41) is 13.9. The first-order valence-electron chi connectivity index (χ1n) is 6.00. The molecule has 98 valence electrons. The van der Waals surface area contributed by atoms with E-state index in [-0.39, 0.29) is 23.5 Å². The van der Waals surface area contributed by atoms with Gasteiger partial charge in [0.2, 0.25) is 0 Å². The van der Waals surface area contributed by atoms with Crippen LogP contribution in [-0.2, 0) is 4.74 Å². The lowest BCUT2D eigenvalue weighted by molar-refractivity contribution is -0.383. The van der Waals surface area contributed by atoms with Crippen LogP contribution in [0.25, 0.3) is 0 Å². The third-order valence-corrected chi connectivity index (χ3v) is 3.14. The Morgan fingerprint density at radius 2 is 2.39 bits per heavy atom. The molecule has 0 amide bonds. The lowest BCUT2D eigenvalue weighted by Crippen LogP contribution is -2.29. The van der Waals surface area contributed by atoms with Gasteiger partial charge in [0.1, 0.15) is 5.69 Å². The predicted molar refractivity (Wildman–Crippen MR) is 69.6 cm³/mol. The smallest absolute Gasteiger partial charge is 0.292 e. The minimum absolute atomic E-state index is 0.0645. The molecule has 1 aliphatic rings. The van der Waals surface area contributed by atoms with Gasteiger partial charge in [-0.15, -0.1) is 0 Å². The molecule has 6 heteroatoms. The molecule has 3 N–H and O–H groups in total. The van der Waals surface area contributed by atoms with Crippen molar-refractivity contribution in [3.63, 3.8) is 0 Å². The zero-order valence-electron chi connectivity index (χ0n) is 10.3. The van der Waals surface area contributed by atoms with Crippen molar-refractivity contribution in [3.8, 4) is 0 Å². The Kier molecular flexibility index (Phi) is 3.66. The van der Waals surface area contributed by atoms with Crippen LogP contribution in [0, 0.1) is 10.1 Å². The second-order valence-corrected chi connectivity index (χ2v) is 4.52. The molecular formula is C12H17N3O3. The Morgan fingerprint density at radius 1 is 1.61 bits per heavy atom. The van der Waals surface area contributed by atoms with Gasteiger partial charge in [0.05, 0.1) is 11.0 Å². The number of hydrogen-bond acceptors (Lipinski definition) is 5. The maximum atomic E-state index is 10.6. The molecule has 1 heterocycles. The van der Waals surface area contributed by atoms with Gasteiger partial charge < -0.3 is 15.8 Å². The predicted octanol–water partition coefficient (Wildman–Crippen LogP) is 2.16. The lowest BCUT2D eigenvalue weighted by Gasteiger charge is -2.21. The highest BCUT2D eigenvalue weighted by Crippen LogP contribution is 2.26. The molecule has 0 saturated carbocycles. The van der Waals surface area contributed by atoms with Crippen molar-refractivity contribution in [2.75, 3.05) is 17.7 Å². The van der Waals surface area contributed by atoms with E-state index in [0.717, 1.165) is 25.1 Å². The number of nitro benzene ring substituents is 1. The van der Waals surface area contributed by atoms with Gasteiger partial charge in [-0.25, -0.2) is 0 Å². The number of hydrogen-bond donors (Lipinski definition) is 2. The van der Waals surface area contributed by atoms with Crippen molar-refractivity contribution < 1.29 is 9.66 Å². The van der Waals surface area contributed by atoms with Crippen LogP contribution in [0.1, 0.15) is 19.8 Å². The summed E-state index contributed by atoms with van der Waals surface area (Å²) in [6, 6.07) is 4.83. The van der Waals surface area contributed by atoms with E-state index in [1.54, 1.807) is 12.1 Å². The molecular weight excluding hydrogens is 234 g/mol. The van der Waals surface area contributed by atoms with E-state index in [2.05, 4.69) is 5.32 Å². The Balaban J connectivity index is 2.05. The Morgan fingerprint density at radius 3 is 2.94 bits per heavy atom. The number of ether oxygens (including phenoxy) is 1. The largest absolute Gasteiger partial charge is 0.393 e. The van der Waals surface area contributed by atoms with E-state index >= 15 is 0 Å². The van der Waals surface area contributed by atoms with Gasteiger partial charge in [0.25, 0.3) is 5.69 Å². The number of rotatable bonds is 4. The Bertz CT molecular complexity index is 444. The van der Waals surface area contributed by atoms with Crippen molar-refractivity contribution in [2.24, 2.45) is 0 Å². The highest BCUT2D eigenvalue weighted by atomic mass is 16.6. The number of nitrogens with one attached hydrogen (secondary N) is 1. The minimum atomic E-state index is -0.484. The summed E-state index contributed by atoms with van der Waals surface area (Å²) in [6.45, 7) is 2.84.